The fourth-order valence-electron chi connectivity index (χ4n) is 18.5. The topological polar surface area (TPSA) is 16.3 Å². The molecule has 4 nitrogen and oxygen atoms in total. The van der Waals surface area contributed by atoms with E-state index < -0.39 is 0 Å². The van der Waals surface area contributed by atoms with Crippen LogP contribution in [-0.4, -0.2) is 15.8 Å². The van der Waals surface area contributed by atoms with Gasteiger partial charge in [-0.3, -0.25) is 0 Å². The van der Waals surface area contributed by atoms with Crippen LogP contribution in [-0.2, 0) is 21.7 Å². The van der Waals surface area contributed by atoms with Crippen molar-refractivity contribution in [3.63, 3.8) is 0 Å². The Morgan fingerprint density at radius 3 is 0.829 bits per heavy atom. The molecule has 4 heterocycles. The maximum absolute atomic E-state index is 2.72. The van der Waals surface area contributed by atoms with Crippen LogP contribution < -0.4 is 26.2 Å². The Hall–Kier alpha value is -13.2. The number of fused-ring (bicyclic) bond motifs is 10. The molecule has 566 valence electrons. The predicted molar refractivity (Wildman–Crippen MR) is 502 cm³/mol. The van der Waals surface area contributed by atoms with Crippen LogP contribution in [0, 0.1) is 0 Å². The van der Waals surface area contributed by atoms with Crippen molar-refractivity contribution in [2.45, 2.75) is 105 Å². The third-order valence-corrected chi connectivity index (χ3v) is 24.8. The molecule has 2 aliphatic rings. The SMILES string of the molecule is CC(C)(C)c1cc(-c2ccccc2N2c3cc4c5ccc(-c6ccccc6)cc5n(-c5ccccc5)c4cc3B3c4cc5c(cc4N(c4ccccc4-c4cc(C(C)(C)C)cc(C(C)(C)C)c4)c4cc(-c6cc(-c7ccccc7)cc(-c7ccccc7)c6)cc2c43)c2ccc(-c3ccccc3)cc2n5-c2ccccc2)cc(C(C)(C)C)c1. The lowest BCUT2D eigenvalue weighted by Gasteiger charge is -2.45. The number of nitrogens with zero attached hydrogens (tertiary/aromatic N) is 4. The Kier molecular flexibility index (Phi) is 17.3. The number of rotatable bonds is 11. The van der Waals surface area contributed by atoms with Crippen molar-refractivity contribution in [3.05, 3.63) is 380 Å². The Morgan fingerprint density at radius 1 is 0.197 bits per heavy atom. The average molecular weight is 1510 g/mol. The molecule has 0 saturated carbocycles. The minimum Gasteiger partial charge on any atom is -0.311 e. The standard InChI is InChI=1S/C112H95BN4/c1-109(2,3)84-58-82(59-85(66-84)110(4,5)6)90-47-31-33-49-98(90)116-104-68-94-92-53-51-76(72-35-19-13-20-36-72)62-100(92)114(88-43-27-17-28-44-88)102(94)70-96(104)113-97-71-103-95(93-54-52-77(73-37-21-14-22-38-73)63-101(93)115(103)89-45-29-18-30-46-89)69-105(97)117(99-50-34-32-48-91(99)83-60-86(111(7,8)9)67-87(61-83)112(10,11)12)107-65-81(64-106(116)108(107)113)80-56-78(74-39-23-15-24-40-74)55-79(57-80)75-41-25-16-26-42-75/h13-71H,1-12H3. The van der Waals surface area contributed by atoms with Gasteiger partial charge >= 0.3 is 0 Å². The van der Waals surface area contributed by atoms with Crippen LogP contribution in [0.15, 0.2) is 358 Å². The molecule has 20 rings (SSSR count). The molecule has 0 unspecified atom stereocenters. The van der Waals surface area contributed by atoms with E-state index in [0.717, 1.165) is 112 Å². The average Bonchev–Trinajstić information content (AvgIpc) is 1.68. The Balaban J connectivity index is 0.989. The molecule has 0 fully saturated rings. The molecule has 0 spiro atoms. The predicted octanol–water partition coefficient (Wildman–Crippen LogP) is 28.8. The van der Waals surface area contributed by atoms with Gasteiger partial charge < -0.3 is 18.9 Å². The maximum atomic E-state index is 2.72. The zero-order valence-electron chi connectivity index (χ0n) is 68.9. The van der Waals surface area contributed by atoms with Crippen LogP contribution >= 0.6 is 0 Å². The first-order valence-corrected chi connectivity index (χ1v) is 41.6. The van der Waals surface area contributed by atoms with Crippen molar-refractivity contribution in [1.82, 2.24) is 9.13 Å². The van der Waals surface area contributed by atoms with Crippen LogP contribution in [0.5, 0.6) is 0 Å². The van der Waals surface area contributed by atoms with Crippen LogP contribution in [0.4, 0.5) is 34.1 Å². The van der Waals surface area contributed by atoms with E-state index in [1.165, 1.54) is 93.6 Å². The first-order chi connectivity index (χ1) is 56.5. The lowest BCUT2D eigenvalue weighted by molar-refractivity contribution is 0.568. The molecule has 0 N–H and O–H groups in total. The molecular formula is C112H95BN4. The highest BCUT2D eigenvalue weighted by atomic mass is 15.2. The summed E-state index contributed by atoms with van der Waals surface area (Å²) < 4.78 is 5.10. The summed E-state index contributed by atoms with van der Waals surface area (Å²) >= 11 is 0. The summed E-state index contributed by atoms with van der Waals surface area (Å²) in [5, 5.41) is 4.72. The van der Waals surface area contributed by atoms with Gasteiger partial charge in [0.05, 0.1) is 33.4 Å². The molecule has 2 aromatic heterocycles. The van der Waals surface area contributed by atoms with Crippen molar-refractivity contribution in [3.8, 4) is 89.3 Å². The fraction of sp³-hybridized carbons (Fsp3) is 0.143. The molecule has 0 atom stereocenters. The van der Waals surface area contributed by atoms with Crippen LogP contribution in [0.3, 0.4) is 0 Å². The lowest BCUT2D eigenvalue weighted by Crippen LogP contribution is -2.61. The second-order valence-electron chi connectivity index (χ2n) is 36.6. The Morgan fingerprint density at radius 2 is 0.487 bits per heavy atom. The quantitative estimate of drug-likeness (QED) is 0.120. The summed E-state index contributed by atoms with van der Waals surface area (Å²) in [5.41, 5.74) is 38.0. The zero-order chi connectivity index (χ0) is 80.0. The molecule has 0 saturated heterocycles. The van der Waals surface area contributed by atoms with Gasteiger partial charge in [-0.15, -0.1) is 0 Å². The van der Waals surface area contributed by atoms with E-state index in [2.05, 4.69) is 460 Å². The third-order valence-electron chi connectivity index (χ3n) is 24.8. The van der Waals surface area contributed by atoms with E-state index in [-0.39, 0.29) is 28.4 Å². The number of benzene rings is 16. The lowest BCUT2D eigenvalue weighted by atomic mass is 9.33. The molecule has 18 aromatic rings. The molecule has 0 bridgehead atoms. The molecule has 0 amide bonds. The Labute approximate surface area is 689 Å². The largest absolute Gasteiger partial charge is 0.311 e. The molecule has 117 heavy (non-hydrogen) atoms. The highest BCUT2D eigenvalue weighted by Gasteiger charge is 2.46. The fourth-order valence-corrected chi connectivity index (χ4v) is 18.5. The first kappa shape index (κ1) is 72.7. The highest BCUT2D eigenvalue weighted by Crippen LogP contribution is 2.54. The summed E-state index contributed by atoms with van der Waals surface area (Å²) in [6.07, 6.45) is 0. The van der Waals surface area contributed by atoms with Crippen LogP contribution in [0.25, 0.3) is 133 Å². The minimum atomic E-state index is -0.345. The van der Waals surface area contributed by atoms with Gasteiger partial charge in [0.25, 0.3) is 6.71 Å². The number of hydrogen-bond donors (Lipinski definition) is 0. The summed E-state index contributed by atoms with van der Waals surface area (Å²) in [7, 11) is 0. The summed E-state index contributed by atoms with van der Waals surface area (Å²) in [4.78, 5) is 5.43. The molecule has 0 radical (unpaired) electrons. The third kappa shape index (κ3) is 12.7. The van der Waals surface area contributed by atoms with Crippen molar-refractivity contribution in [1.29, 1.82) is 0 Å². The van der Waals surface area contributed by atoms with E-state index in [0.29, 0.717) is 0 Å². The second-order valence-corrected chi connectivity index (χ2v) is 36.6. The number of anilines is 6. The van der Waals surface area contributed by atoms with Crippen molar-refractivity contribution < 1.29 is 0 Å². The van der Waals surface area contributed by atoms with Crippen molar-refractivity contribution in [2.75, 3.05) is 9.80 Å². The summed E-state index contributed by atoms with van der Waals surface area (Å²) in [5.74, 6) is 0. The minimum absolute atomic E-state index is 0.146. The molecule has 2 aliphatic heterocycles. The summed E-state index contributed by atoms with van der Waals surface area (Å²) in [6.45, 7) is 28.0. The van der Waals surface area contributed by atoms with E-state index in [1.807, 2.05) is 0 Å². The molecule has 5 heteroatoms. The van der Waals surface area contributed by atoms with Gasteiger partial charge in [-0.1, -0.05) is 338 Å². The smallest absolute Gasteiger partial charge is 0.252 e. The van der Waals surface area contributed by atoms with Gasteiger partial charge in [-0.05, 0) is 230 Å². The van der Waals surface area contributed by atoms with Gasteiger partial charge in [0, 0.05) is 66.8 Å². The second kappa shape index (κ2) is 27.8. The zero-order valence-corrected chi connectivity index (χ0v) is 68.9. The van der Waals surface area contributed by atoms with Gasteiger partial charge in [-0.25, -0.2) is 0 Å². The Bertz CT molecular complexity index is 6470. The van der Waals surface area contributed by atoms with E-state index in [1.54, 1.807) is 0 Å². The normalized spacial score (nSPS) is 12.9. The van der Waals surface area contributed by atoms with Crippen molar-refractivity contribution >= 4 is 101 Å². The number of aromatic nitrogens is 2. The van der Waals surface area contributed by atoms with E-state index in [4.69, 9.17) is 0 Å². The molecule has 0 aliphatic carbocycles. The number of para-hydroxylation sites is 4. The molecular weight excluding hydrogens is 1410 g/mol. The number of hydrogen-bond acceptors (Lipinski definition) is 2. The molecule has 16 aromatic carbocycles. The van der Waals surface area contributed by atoms with Gasteiger partial charge in [0.15, 0.2) is 0 Å². The first-order valence-electron chi connectivity index (χ1n) is 41.6. The van der Waals surface area contributed by atoms with E-state index >= 15 is 0 Å². The van der Waals surface area contributed by atoms with Crippen molar-refractivity contribution in [2.24, 2.45) is 0 Å². The highest BCUT2D eigenvalue weighted by molar-refractivity contribution is 7.00. The van der Waals surface area contributed by atoms with Gasteiger partial charge in [-0.2, -0.15) is 0 Å². The van der Waals surface area contributed by atoms with Crippen LogP contribution in [0.1, 0.15) is 105 Å². The van der Waals surface area contributed by atoms with Gasteiger partial charge in [0.1, 0.15) is 0 Å². The van der Waals surface area contributed by atoms with Crippen LogP contribution in [0.2, 0.25) is 0 Å². The van der Waals surface area contributed by atoms with E-state index in [9.17, 15) is 0 Å². The van der Waals surface area contributed by atoms with Gasteiger partial charge in [0.2, 0.25) is 0 Å². The maximum Gasteiger partial charge on any atom is 0.252 e. The monoisotopic (exact) mass is 1510 g/mol. The summed E-state index contributed by atoms with van der Waals surface area (Å²) in [6, 6.07) is 137.